The minimum Gasteiger partial charge on any atom is -0.394 e. The molecule has 16 heavy (non-hydrogen) atoms. The van der Waals surface area contributed by atoms with Crippen LogP contribution >= 0.6 is 0 Å². The highest BCUT2D eigenvalue weighted by Gasteiger charge is 2.25. The van der Waals surface area contributed by atoms with Gasteiger partial charge in [-0.2, -0.15) is 0 Å². The van der Waals surface area contributed by atoms with Crippen molar-refractivity contribution in [2.45, 2.75) is 25.8 Å². The van der Waals surface area contributed by atoms with Crippen molar-refractivity contribution in [3.63, 3.8) is 0 Å². The van der Waals surface area contributed by atoms with E-state index < -0.39 is 0 Å². The Hall–Kier alpha value is -0.650. The molecule has 0 radical (unpaired) electrons. The second-order valence-electron chi connectivity index (χ2n) is 3.80. The molecule has 1 rings (SSSR count). The lowest BCUT2D eigenvalue weighted by molar-refractivity contribution is -0.141. The van der Waals surface area contributed by atoms with Crippen LogP contribution in [0, 0.1) is 0 Å². The van der Waals surface area contributed by atoms with Crippen molar-refractivity contribution in [3.05, 3.63) is 0 Å². The molecule has 1 heterocycles. The van der Waals surface area contributed by atoms with Gasteiger partial charge in [0.1, 0.15) is 0 Å². The molecule has 0 aliphatic carbocycles. The number of carbonyl (C=O) groups is 1. The standard InChI is InChI=1S/C11H21NO4/c1-2-15-6-3-4-11(14)12-5-7-16-9-10(12)8-13/h10,13H,2-9H2,1H3. The van der Waals surface area contributed by atoms with Crippen molar-refractivity contribution in [3.8, 4) is 0 Å². The van der Waals surface area contributed by atoms with E-state index in [-0.39, 0.29) is 18.6 Å². The molecule has 1 N–H and O–H groups in total. The lowest BCUT2D eigenvalue weighted by Crippen LogP contribution is -2.50. The van der Waals surface area contributed by atoms with Gasteiger partial charge in [-0.3, -0.25) is 4.79 Å². The molecule has 0 aromatic carbocycles. The maximum absolute atomic E-state index is 11.8. The number of hydrogen-bond acceptors (Lipinski definition) is 4. The largest absolute Gasteiger partial charge is 0.394 e. The zero-order chi connectivity index (χ0) is 11.8. The van der Waals surface area contributed by atoms with Gasteiger partial charge >= 0.3 is 0 Å². The predicted octanol–water partition coefficient (Wildman–Crippen LogP) is 0.0228. The number of aliphatic hydroxyl groups is 1. The molecule has 1 amide bonds. The Kier molecular flexibility index (Phi) is 6.37. The Balaban J connectivity index is 2.27. The van der Waals surface area contributed by atoms with E-state index in [2.05, 4.69) is 0 Å². The maximum Gasteiger partial charge on any atom is 0.223 e. The first-order valence-corrected chi connectivity index (χ1v) is 5.85. The average Bonchev–Trinajstić information content (AvgIpc) is 2.34. The predicted molar refractivity (Wildman–Crippen MR) is 59.1 cm³/mol. The number of rotatable bonds is 6. The first-order valence-electron chi connectivity index (χ1n) is 5.85. The van der Waals surface area contributed by atoms with Crippen LogP contribution in [0.3, 0.4) is 0 Å². The van der Waals surface area contributed by atoms with Crippen LogP contribution in [0.25, 0.3) is 0 Å². The van der Waals surface area contributed by atoms with E-state index in [9.17, 15) is 4.79 Å². The Morgan fingerprint density at radius 2 is 2.44 bits per heavy atom. The summed E-state index contributed by atoms with van der Waals surface area (Å²) in [6.07, 6.45) is 1.22. The quantitative estimate of drug-likeness (QED) is 0.655. The van der Waals surface area contributed by atoms with Gasteiger partial charge in [0, 0.05) is 26.2 Å². The molecule has 0 saturated carbocycles. The summed E-state index contributed by atoms with van der Waals surface area (Å²) in [7, 11) is 0. The minimum atomic E-state index is -0.173. The molecule has 1 unspecified atom stereocenters. The van der Waals surface area contributed by atoms with Crippen molar-refractivity contribution in [1.82, 2.24) is 4.90 Å². The zero-order valence-electron chi connectivity index (χ0n) is 9.85. The van der Waals surface area contributed by atoms with Crippen molar-refractivity contribution >= 4 is 5.91 Å². The van der Waals surface area contributed by atoms with Crippen LogP contribution in [0.5, 0.6) is 0 Å². The molecule has 0 bridgehead atoms. The van der Waals surface area contributed by atoms with Crippen LogP contribution in [-0.2, 0) is 14.3 Å². The molecule has 0 spiro atoms. The highest BCUT2D eigenvalue weighted by atomic mass is 16.5. The van der Waals surface area contributed by atoms with Gasteiger partial charge in [-0.05, 0) is 13.3 Å². The van der Waals surface area contributed by atoms with Crippen molar-refractivity contribution in [2.75, 3.05) is 39.6 Å². The van der Waals surface area contributed by atoms with Gasteiger partial charge in [0.15, 0.2) is 0 Å². The summed E-state index contributed by atoms with van der Waals surface area (Å²) in [6, 6.07) is -0.173. The number of carbonyl (C=O) groups excluding carboxylic acids is 1. The third-order valence-corrected chi connectivity index (χ3v) is 2.64. The van der Waals surface area contributed by atoms with E-state index >= 15 is 0 Å². The normalized spacial score (nSPS) is 21.1. The van der Waals surface area contributed by atoms with Gasteiger partial charge in [0.05, 0.1) is 25.9 Å². The molecule has 1 aliphatic heterocycles. The fraction of sp³-hybridized carbons (Fsp3) is 0.909. The Morgan fingerprint density at radius 3 is 3.12 bits per heavy atom. The van der Waals surface area contributed by atoms with Crippen LogP contribution in [-0.4, -0.2) is 61.5 Å². The molecule has 5 heteroatoms. The monoisotopic (exact) mass is 231 g/mol. The second kappa shape index (κ2) is 7.60. The summed E-state index contributed by atoms with van der Waals surface area (Å²) in [6.45, 7) is 4.80. The van der Waals surface area contributed by atoms with Crippen molar-refractivity contribution in [1.29, 1.82) is 0 Å². The van der Waals surface area contributed by atoms with E-state index in [1.807, 2.05) is 6.92 Å². The van der Waals surface area contributed by atoms with E-state index in [4.69, 9.17) is 14.6 Å². The van der Waals surface area contributed by atoms with Gasteiger partial charge in [0.25, 0.3) is 0 Å². The van der Waals surface area contributed by atoms with E-state index in [0.29, 0.717) is 39.4 Å². The molecule has 0 aromatic rings. The van der Waals surface area contributed by atoms with Crippen LogP contribution < -0.4 is 0 Å². The number of nitrogens with zero attached hydrogens (tertiary/aromatic N) is 1. The molecule has 1 atom stereocenters. The molecule has 94 valence electrons. The summed E-state index contributed by atoms with van der Waals surface area (Å²) >= 11 is 0. The molecule has 0 aromatic heterocycles. The van der Waals surface area contributed by atoms with Crippen LogP contribution in [0.4, 0.5) is 0 Å². The molecular weight excluding hydrogens is 210 g/mol. The van der Waals surface area contributed by atoms with E-state index in [1.165, 1.54) is 0 Å². The molecule has 1 aliphatic rings. The molecule has 5 nitrogen and oxygen atoms in total. The topological polar surface area (TPSA) is 59.0 Å². The summed E-state index contributed by atoms with van der Waals surface area (Å²) in [5, 5.41) is 9.12. The van der Waals surface area contributed by atoms with Crippen LogP contribution in [0.15, 0.2) is 0 Å². The molecule has 1 saturated heterocycles. The van der Waals surface area contributed by atoms with E-state index in [1.54, 1.807) is 4.90 Å². The van der Waals surface area contributed by atoms with Crippen LogP contribution in [0.1, 0.15) is 19.8 Å². The minimum absolute atomic E-state index is 0.0306. The van der Waals surface area contributed by atoms with Crippen molar-refractivity contribution in [2.24, 2.45) is 0 Å². The number of amides is 1. The SMILES string of the molecule is CCOCCCC(=O)N1CCOCC1CO. The Morgan fingerprint density at radius 1 is 1.62 bits per heavy atom. The van der Waals surface area contributed by atoms with Gasteiger partial charge < -0.3 is 19.5 Å². The summed E-state index contributed by atoms with van der Waals surface area (Å²) < 4.78 is 10.4. The molecule has 1 fully saturated rings. The highest BCUT2D eigenvalue weighted by molar-refractivity contribution is 5.76. The fourth-order valence-electron chi connectivity index (χ4n) is 1.75. The summed E-state index contributed by atoms with van der Waals surface area (Å²) in [5.74, 6) is 0.0852. The lowest BCUT2D eigenvalue weighted by atomic mass is 10.2. The van der Waals surface area contributed by atoms with Gasteiger partial charge in [-0.1, -0.05) is 0 Å². The number of morpholine rings is 1. The second-order valence-corrected chi connectivity index (χ2v) is 3.80. The van der Waals surface area contributed by atoms with Crippen LogP contribution in [0.2, 0.25) is 0 Å². The lowest BCUT2D eigenvalue weighted by Gasteiger charge is -2.34. The third-order valence-electron chi connectivity index (χ3n) is 2.64. The highest BCUT2D eigenvalue weighted by Crippen LogP contribution is 2.09. The van der Waals surface area contributed by atoms with Crippen molar-refractivity contribution < 1.29 is 19.4 Å². The zero-order valence-corrected chi connectivity index (χ0v) is 9.85. The Labute approximate surface area is 96.3 Å². The first kappa shape index (κ1) is 13.4. The maximum atomic E-state index is 11.8. The Bertz CT molecular complexity index is 210. The average molecular weight is 231 g/mol. The summed E-state index contributed by atoms with van der Waals surface area (Å²) in [4.78, 5) is 13.6. The van der Waals surface area contributed by atoms with Gasteiger partial charge in [-0.15, -0.1) is 0 Å². The fourth-order valence-corrected chi connectivity index (χ4v) is 1.75. The van der Waals surface area contributed by atoms with E-state index in [0.717, 1.165) is 6.42 Å². The third kappa shape index (κ3) is 4.08. The summed E-state index contributed by atoms with van der Waals surface area (Å²) in [5.41, 5.74) is 0. The smallest absolute Gasteiger partial charge is 0.223 e. The number of hydrogen-bond donors (Lipinski definition) is 1. The first-order chi connectivity index (χ1) is 7.79. The van der Waals surface area contributed by atoms with Gasteiger partial charge in [0.2, 0.25) is 5.91 Å². The number of aliphatic hydroxyl groups excluding tert-OH is 1. The number of ether oxygens (including phenoxy) is 2. The van der Waals surface area contributed by atoms with Gasteiger partial charge in [-0.25, -0.2) is 0 Å². The molecular formula is C11H21NO4.